The number of ether oxygens (including phenoxy) is 4. The van der Waals surface area contributed by atoms with E-state index in [1.807, 2.05) is 54.6 Å². The van der Waals surface area contributed by atoms with Gasteiger partial charge in [0.05, 0.1) is 13.2 Å². The summed E-state index contributed by atoms with van der Waals surface area (Å²) < 4.78 is 36.9. The normalized spacial score (nSPS) is 15.3. The van der Waals surface area contributed by atoms with Gasteiger partial charge in [0.1, 0.15) is 23.9 Å². The lowest BCUT2D eigenvalue weighted by molar-refractivity contribution is -0.172. The van der Waals surface area contributed by atoms with Gasteiger partial charge in [0.25, 0.3) is 0 Å². The van der Waals surface area contributed by atoms with Crippen molar-refractivity contribution in [3.63, 3.8) is 0 Å². The molecule has 1 aliphatic rings. The monoisotopic (exact) mass is 600 g/mol. The number of esters is 2. The van der Waals surface area contributed by atoms with Crippen LogP contribution >= 0.6 is 0 Å². The van der Waals surface area contributed by atoms with Crippen molar-refractivity contribution in [2.24, 2.45) is 0 Å². The third-order valence-corrected chi connectivity index (χ3v) is 6.85. The second-order valence-corrected chi connectivity index (χ2v) is 12.4. The van der Waals surface area contributed by atoms with Crippen molar-refractivity contribution < 1.29 is 37.7 Å². The zero-order chi connectivity index (χ0) is 31.6. The molecule has 0 saturated carbocycles. The molecule has 0 unspecified atom stereocenters. The molecule has 1 aliphatic heterocycles. The Morgan fingerprint density at radius 2 is 1.56 bits per heavy atom. The second kappa shape index (κ2) is 15.2. The van der Waals surface area contributed by atoms with Gasteiger partial charge >= 0.3 is 18.0 Å². The first-order valence-corrected chi connectivity index (χ1v) is 14.7. The number of rotatable bonds is 12. The number of halogens is 1. The topological polar surface area (TPSA) is 94.6 Å². The summed E-state index contributed by atoms with van der Waals surface area (Å²) in [6.45, 7) is 10.7. The summed E-state index contributed by atoms with van der Waals surface area (Å²) in [4.78, 5) is 42.8. The Kier molecular flexibility index (Phi) is 11.9. The summed E-state index contributed by atoms with van der Waals surface area (Å²) in [5.41, 5.74) is 0.166. The Bertz CT molecular complexity index is 1190. The van der Waals surface area contributed by atoms with Crippen molar-refractivity contribution in [3.8, 4) is 0 Å². The van der Waals surface area contributed by atoms with E-state index in [9.17, 15) is 18.8 Å². The predicted molar refractivity (Wildman–Crippen MR) is 162 cm³/mol. The van der Waals surface area contributed by atoms with E-state index in [4.69, 9.17) is 18.9 Å². The first-order valence-electron chi connectivity index (χ1n) is 14.7. The first-order chi connectivity index (χ1) is 20.2. The molecule has 9 nitrogen and oxygen atoms in total. The minimum atomic E-state index is -1.81. The van der Waals surface area contributed by atoms with E-state index in [1.54, 1.807) is 20.8 Å². The molecule has 0 N–H and O–H groups in total. The highest BCUT2D eigenvalue weighted by molar-refractivity contribution is 5.84. The lowest BCUT2D eigenvalue weighted by atomic mass is 10.00. The highest BCUT2D eigenvalue weighted by atomic mass is 19.1. The molecule has 1 saturated heterocycles. The molecule has 2 atom stereocenters. The molecule has 2 aromatic carbocycles. The number of aryl methyl sites for hydroxylation is 1. The molecule has 1 heterocycles. The summed E-state index contributed by atoms with van der Waals surface area (Å²) in [5, 5.41) is 0. The third kappa shape index (κ3) is 11.5. The van der Waals surface area contributed by atoms with Crippen molar-refractivity contribution in [1.82, 2.24) is 4.90 Å². The number of likely N-dealkylation sites (N-methyl/N-ethyl adjacent to an activating group) is 1. The van der Waals surface area contributed by atoms with Gasteiger partial charge in [-0.15, -0.1) is 0 Å². The van der Waals surface area contributed by atoms with Gasteiger partial charge in [-0.25, -0.2) is 18.8 Å². The molecule has 2 aromatic rings. The lowest BCUT2D eigenvalue weighted by Gasteiger charge is -2.32. The van der Waals surface area contributed by atoms with E-state index >= 15 is 0 Å². The maximum absolute atomic E-state index is 14.8. The summed E-state index contributed by atoms with van der Waals surface area (Å²) in [5.74, 6) is -1.64. The number of carbonyl (C=O) groups excluding carboxylic acids is 3. The van der Waals surface area contributed by atoms with Gasteiger partial charge in [0.15, 0.2) is 6.10 Å². The van der Waals surface area contributed by atoms with Crippen LogP contribution in [0.3, 0.4) is 0 Å². The number of nitrogens with zero attached hydrogens (tertiary/aromatic N) is 2. The van der Waals surface area contributed by atoms with Crippen LogP contribution in [0.4, 0.5) is 14.9 Å². The van der Waals surface area contributed by atoms with Crippen molar-refractivity contribution >= 4 is 23.7 Å². The number of hydrogen-bond acceptors (Lipinski definition) is 8. The minimum absolute atomic E-state index is 0.000715. The van der Waals surface area contributed by atoms with Gasteiger partial charge in [0.2, 0.25) is 0 Å². The van der Waals surface area contributed by atoms with Crippen LogP contribution in [-0.4, -0.2) is 79.7 Å². The van der Waals surface area contributed by atoms with E-state index in [1.165, 1.54) is 20.9 Å². The van der Waals surface area contributed by atoms with Crippen molar-refractivity contribution in [3.05, 3.63) is 65.7 Å². The van der Waals surface area contributed by atoms with Crippen molar-refractivity contribution in [1.29, 1.82) is 0 Å². The molecule has 1 fully saturated rings. The number of morpholine rings is 1. The van der Waals surface area contributed by atoms with E-state index in [2.05, 4.69) is 4.90 Å². The van der Waals surface area contributed by atoms with Gasteiger partial charge in [-0.05, 0) is 70.7 Å². The molecule has 0 spiro atoms. The first kappa shape index (κ1) is 33.8. The molecule has 0 aliphatic carbocycles. The SMILES string of the molecule is CN(C(=O)OC(C)(C)C)[C@@H](CC(C)(C)F)C(=O)O[C@H](CCc1ccc(N2CCOCC2)cc1)C(=O)OCc1ccccc1. The highest BCUT2D eigenvalue weighted by Crippen LogP contribution is 2.24. The van der Waals surface area contributed by atoms with Crippen LogP contribution in [0.15, 0.2) is 54.6 Å². The maximum Gasteiger partial charge on any atom is 0.410 e. The zero-order valence-corrected chi connectivity index (χ0v) is 26.1. The Labute approximate surface area is 254 Å². The average molecular weight is 601 g/mol. The smallest absolute Gasteiger partial charge is 0.410 e. The molecule has 10 heteroatoms. The van der Waals surface area contributed by atoms with Crippen LogP contribution in [0.1, 0.15) is 58.6 Å². The Balaban J connectivity index is 1.76. The number of hydrogen-bond donors (Lipinski definition) is 0. The number of benzene rings is 2. The number of anilines is 1. The van der Waals surface area contributed by atoms with Gasteiger partial charge in [-0.3, -0.25) is 4.90 Å². The van der Waals surface area contributed by atoms with E-state index in [0.29, 0.717) is 19.6 Å². The van der Waals surface area contributed by atoms with Crippen LogP contribution in [-0.2, 0) is 41.6 Å². The second-order valence-electron chi connectivity index (χ2n) is 12.4. The number of carbonyl (C=O) groups is 3. The lowest BCUT2D eigenvalue weighted by Crippen LogP contribution is -2.49. The molecular weight excluding hydrogens is 555 g/mol. The van der Waals surface area contributed by atoms with Gasteiger partial charge in [0, 0.05) is 32.2 Å². The molecule has 236 valence electrons. The van der Waals surface area contributed by atoms with Crippen LogP contribution < -0.4 is 4.90 Å². The summed E-state index contributed by atoms with van der Waals surface area (Å²) in [7, 11) is 1.35. The average Bonchev–Trinajstić information content (AvgIpc) is 2.96. The fourth-order valence-corrected chi connectivity index (χ4v) is 4.56. The number of amides is 1. The van der Waals surface area contributed by atoms with Gasteiger partial charge in [-0.2, -0.15) is 0 Å². The van der Waals surface area contributed by atoms with Crippen molar-refractivity contribution in [2.45, 2.75) is 83.9 Å². The third-order valence-electron chi connectivity index (χ3n) is 6.85. The Hall–Kier alpha value is -3.66. The van der Waals surface area contributed by atoms with Gasteiger partial charge < -0.3 is 23.8 Å². The zero-order valence-electron chi connectivity index (χ0n) is 26.1. The van der Waals surface area contributed by atoms with Crippen LogP contribution in [0.5, 0.6) is 0 Å². The van der Waals surface area contributed by atoms with E-state index in [0.717, 1.165) is 34.8 Å². The molecule has 43 heavy (non-hydrogen) atoms. The van der Waals surface area contributed by atoms with Crippen LogP contribution in [0.25, 0.3) is 0 Å². The summed E-state index contributed by atoms with van der Waals surface area (Å²) in [6.07, 6.45) is -1.87. The predicted octanol–water partition coefficient (Wildman–Crippen LogP) is 5.48. The fraction of sp³-hybridized carbons (Fsp3) is 0.545. The standard InChI is InChI=1S/C33H45FN2O7/c1-32(2,3)43-31(39)35(6)27(22-33(4,5)34)29(37)42-28(30(38)41-23-25-10-8-7-9-11-25)17-14-24-12-15-26(16-13-24)36-18-20-40-21-19-36/h7-13,15-16,27-28H,14,17-23H2,1-6H3/t27-,28+/m0/s1. The highest BCUT2D eigenvalue weighted by Gasteiger charge is 2.38. The summed E-state index contributed by atoms with van der Waals surface area (Å²) >= 11 is 0. The van der Waals surface area contributed by atoms with E-state index < -0.39 is 41.4 Å². The van der Waals surface area contributed by atoms with Crippen LogP contribution in [0.2, 0.25) is 0 Å². The summed E-state index contributed by atoms with van der Waals surface area (Å²) in [6, 6.07) is 15.8. The molecular formula is C33H45FN2O7. The molecule has 0 radical (unpaired) electrons. The van der Waals surface area contributed by atoms with E-state index in [-0.39, 0.29) is 19.4 Å². The Morgan fingerprint density at radius 1 is 0.930 bits per heavy atom. The largest absolute Gasteiger partial charge is 0.458 e. The fourth-order valence-electron chi connectivity index (χ4n) is 4.56. The van der Waals surface area contributed by atoms with Gasteiger partial charge in [-0.1, -0.05) is 42.5 Å². The Morgan fingerprint density at radius 3 is 2.14 bits per heavy atom. The van der Waals surface area contributed by atoms with Crippen molar-refractivity contribution in [2.75, 3.05) is 38.3 Å². The number of alkyl halides is 1. The van der Waals surface area contributed by atoms with Crippen LogP contribution in [0, 0.1) is 0 Å². The minimum Gasteiger partial charge on any atom is -0.458 e. The molecule has 0 bridgehead atoms. The molecule has 0 aromatic heterocycles. The maximum atomic E-state index is 14.8. The molecule has 1 amide bonds. The molecule has 3 rings (SSSR count). The quantitative estimate of drug-likeness (QED) is 0.233.